The van der Waals surface area contributed by atoms with E-state index in [0.29, 0.717) is 0 Å². The summed E-state index contributed by atoms with van der Waals surface area (Å²) in [4.78, 5) is 0. The van der Waals surface area contributed by atoms with E-state index in [2.05, 4.69) is 5.10 Å². The van der Waals surface area contributed by atoms with Gasteiger partial charge in [0.1, 0.15) is 5.75 Å². The van der Waals surface area contributed by atoms with Crippen molar-refractivity contribution in [2.75, 3.05) is 0 Å². The van der Waals surface area contributed by atoms with E-state index in [-0.39, 0.29) is 5.75 Å². The van der Waals surface area contributed by atoms with Crippen LogP contribution in [0.3, 0.4) is 0 Å². The zero-order valence-corrected chi connectivity index (χ0v) is 8.23. The second-order valence-electron chi connectivity index (χ2n) is 3.34. The molecule has 1 aromatic carbocycles. The number of benzene rings is 1. The Kier molecular flexibility index (Phi) is 2.00. The quantitative estimate of drug-likeness (QED) is 0.744. The lowest BCUT2D eigenvalue weighted by molar-refractivity contribution is 0.475. The smallest absolute Gasteiger partial charge is 0.116 e. The Balaban J connectivity index is 2.54. The molecule has 0 aliphatic rings. The predicted molar refractivity (Wildman–Crippen MR) is 55.0 cm³/mol. The van der Waals surface area contributed by atoms with Crippen LogP contribution < -0.4 is 0 Å². The molecule has 3 heteroatoms. The molecule has 3 nitrogen and oxygen atoms in total. The summed E-state index contributed by atoms with van der Waals surface area (Å²) in [6.07, 6.45) is 0. The molecule has 0 radical (unpaired) electrons. The lowest BCUT2D eigenvalue weighted by Gasteiger charge is -2.01. The highest BCUT2D eigenvalue weighted by Gasteiger charge is 2.04. The first-order valence-electron chi connectivity index (χ1n) is 4.47. The summed E-state index contributed by atoms with van der Waals surface area (Å²) in [7, 11) is 1.90. The fraction of sp³-hybridized carbons (Fsp3) is 0.182. The van der Waals surface area contributed by atoms with Gasteiger partial charge >= 0.3 is 0 Å². The molecule has 2 aromatic rings. The number of nitrogens with zero attached hydrogens (tertiary/aromatic N) is 2. The van der Waals surface area contributed by atoms with Crippen LogP contribution in [-0.2, 0) is 7.05 Å². The predicted octanol–water partition coefficient (Wildman–Crippen LogP) is 2.10. The number of aromatic hydroxyl groups is 1. The molecule has 14 heavy (non-hydrogen) atoms. The van der Waals surface area contributed by atoms with Gasteiger partial charge in [-0.2, -0.15) is 5.10 Å². The molecule has 0 saturated carbocycles. The Morgan fingerprint density at radius 3 is 2.64 bits per heavy atom. The maximum absolute atomic E-state index is 9.34. The number of phenolic OH excluding ortho intramolecular Hbond substituents is 1. The molecule has 1 N–H and O–H groups in total. The van der Waals surface area contributed by atoms with E-state index >= 15 is 0 Å². The SMILES string of the molecule is Cc1cc(-c2cccc(O)c2)n(C)n1. The van der Waals surface area contributed by atoms with Gasteiger partial charge in [-0.05, 0) is 25.1 Å². The van der Waals surface area contributed by atoms with Crippen LogP contribution in [0.25, 0.3) is 11.3 Å². The molecule has 0 fully saturated rings. The van der Waals surface area contributed by atoms with Crippen molar-refractivity contribution in [2.24, 2.45) is 7.05 Å². The van der Waals surface area contributed by atoms with Crippen LogP contribution in [0.4, 0.5) is 0 Å². The van der Waals surface area contributed by atoms with Gasteiger partial charge in [0.15, 0.2) is 0 Å². The van der Waals surface area contributed by atoms with Crippen LogP contribution in [0, 0.1) is 6.92 Å². The Bertz CT molecular complexity index is 460. The van der Waals surface area contributed by atoms with E-state index in [0.717, 1.165) is 17.0 Å². The van der Waals surface area contributed by atoms with Crippen LogP contribution in [-0.4, -0.2) is 14.9 Å². The Hall–Kier alpha value is -1.77. The molecule has 0 atom stereocenters. The van der Waals surface area contributed by atoms with Crippen LogP contribution in [0.2, 0.25) is 0 Å². The standard InChI is InChI=1S/C11H12N2O/c1-8-6-11(13(2)12-8)9-4-3-5-10(14)7-9/h3-7,14H,1-2H3. The Morgan fingerprint density at radius 1 is 1.29 bits per heavy atom. The highest BCUT2D eigenvalue weighted by atomic mass is 16.3. The molecule has 0 spiro atoms. The fourth-order valence-corrected chi connectivity index (χ4v) is 1.55. The molecule has 1 aromatic heterocycles. The molecule has 1 heterocycles. The third kappa shape index (κ3) is 1.48. The van der Waals surface area contributed by atoms with Crippen molar-refractivity contribution in [2.45, 2.75) is 6.92 Å². The van der Waals surface area contributed by atoms with Crippen LogP contribution in [0.5, 0.6) is 5.75 Å². The van der Waals surface area contributed by atoms with Crippen molar-refractivity contribution in [1.82, 2.24) is 9.78 Å². The topological polar surface area (TPSA) is 38.0 Å². The summed E-state index contributed by atoms with van der Waals surface area (Å²) in [6, 6.07) is 9.17. The minimum atomic E-state index is 0.279. The number of rotatable bonds is 1. The highest BCUT2D eigenvalue weighted by Crippen LogP contribution is 2.23. The lowest BCUT2D eigenvalue weighted by Crippen LogP contribution is -1.93. The van der Waals surface area contributed by atoms with Crippen molar-refractivity contribution < 1.29 is 5.11 Å². The number of hydrogen-bond donors (Lipinski definition) is 1. The van der Waals surface area contributed by atoms with Crippen molar-refractivity contribution in [1.29, 1.82) is 0 Å². The molecule has 72 valence electrons. The Morgan fingerprint density at radius 2 is 2.07 bits per heavy atom. The van der Waals surface area contributed by atoms with Gasteiger partial charge in [0.25, 0.3) is 0 Å². The second-order valence-corrected chi connectivity index (χ2v) is 3.34. The number of phenols is 1. The van der Waals surface area contributed by atoms with Gasteiger partial charge in [-0.3, -0.25) is 4.68 Å². The van der Waals surface area contributed by atoms with Crippen LogP contribution >= 0.6 is 0 Å². The zero-order valence-electron chi connectivity index (χ0n) is 8.23. The van der Waals surface area contributed by atoms with Gasteiger partial charge < -0.3 is 5.11 Å². The van der Waals surface area contributed by atoms with Gasteiger partial charge in [0.2, 0.25) is 0 Å². The van der Waals surface area contributed by atoms with E-state index in [1.54, 1.807) is 12.1 Å². The first-order chi connectivity index (χ1) is 6.66. The van der Waals surface area contributed by atoms with Crippen molar-refractivity contribution in [3.05, 3.63) is 36.0 Å². The van der Waals surface area contributed by atoms with Gasteiger partial charge in [-0.1, -0.05) is 12.1 Å². The summed E-state index contributed by atoms with van der Waals surface area (Å²) >= 11 is 0. The van der Waals surface area contributed by atoms with E-state index < -0.39 is 0 Å². The third-order valence-corrected chi connectivity index (χ3v) is 2.14. The maximum atomic E-state index is 9.34. The average Bonchev–Trinajstić information content (AvgIpc) is 2.45. The average molecular weight is 188 g/mol. The number of aryl methyl sites for hydroxylation is 2. The monoisotopic (exact) mass is 188 g/mol. The first kappa shape index (κ1) is 8.81. The molecule has 2 rings (SSSR count). The van der Waals surface area contributed by atoms with E-state index in [1.165, 1.54) is 0 Å². The summed E-state index contributed by atoms with van der Waals surface area (Å²) < 4.78 is 1.81. The van der Waals surface area contributed by atoms with Crippen LogP contribution in [0.1, 0.15) is 5.69 Å². The third-order valence-electron chi connectivity index (χ3n) is 2.14. The molecule has 0 aliphatic heterocycles. The molecule has 0 amide bonds. The Labute approximate surface area is 82.6 Å². The minimum absolute atomic E-state index is 0.279. The first-order valence-corrected chi connectivity index (χ1v) is 4.47. The second kappa shape index (κ2) is 3.18. The van der Waals surface area contributed by atoms with Crippen molar-refractivity contribution in [3.63, 3.8) is 0 Å². The molecule has 0 unspecified atom stereocenters. The molecule has 0 saturated heterocycles. The molecule has 0 aliphatic carbocycles. The van der Waals surface area contributed by atoms with Crippen molar-refractivity contribution in [3.8, 4) is 17.0 Å². The molecular weight excluding hydrogens is 176 g/mol. The lowest BCUT2D eigenvalue weighted by atomic mass is 10.1. The summed E-state index contributed by atoms with van der Waals surface area (Å²) in [5.41, 5.74) is 2.97. The minimum Gasteiger partial charge on any atom is -0.508 e. The summed E-state index contributed by atoms with van der Waals surface area (Å²) in [5, 5.41) is 13.6. The number of aromatic nitrogens is 2. The van der Waals surface area contributed by atoms with Gasteiger partial charge in [0.05, 0.1) is 11.4 Å². The van der Waals surface area contributed by atoms with E-state index in [1.807, 2.05) is 36.9 Å². The molecule has 0 bridgehead atoms. The van der Waals surface area contributed by atoms with E-state index in [4.69, 9.17) is 0 Å². The highest BCUT2D eigenvalue weighted by molar-refractivity contribution is 5.61. The summed E-state index contributed by atoms with van der Waals surface area (Å²) in [6.45, 7) is 1.95. The van der Waals surface area contributed by atoms with Gasteiger partial charge in [-0.15, -0.1) is 0 Å². The van der Waals surface area contributed by atoms with Crippen LogP contribution in [0.15, 0.2) is 30.3 Å². The maximum Gasteiger partial charge on any atom is 0.116 e. The van der Waals surface area contributed by atoms with E-state index in [9.17, 15) is 5.11 Å². The van der Waals surface area contributed by atoms with Gasteiger partial charge in [-0.25, -0.2) is 0 Å². The molecular formula is C11H12N2O. The summed E-state index contributed by atoms with van der Waals surface area (Å²) in [5.74, 6) is 0.279. The normalized spacial score (nSPS) is 10.4. The largest absolute Gasteiger partial charge is 0.508 e. The van der Waals surface area contributed by atoms with Crippen molar-refractivity contribution >= 4 is 0 Å². The number of hydrogen-bond acceptors (Lipinski definition) is 2. The van der Waals surface area contributed by atoms with Gasteiger partial charge in [0, 0.05) is 12.6 Å². The fourth-order valence-electron chi connectivity index (χ4n) is 1.55. The zero-order chi connectivity index (χ0) is 10.1.